The molecule has 0 aromatic carbocycles. The van der Waals surface area contributed by atoms with E-state index >= 15 is 0 Å². The predicted molar refractivity (Wildman–Crippen MR) is 102 cm³/mol. The molecular formula is C20H38N4O. The molecule has 3 N–H and O–H groups in total. The van der Waals surface area contributed by atoms with Crippen LogP contribution in [0.3, 0.4) is 0 Å². The third-order valence-corrected chi connectivity index (χ3v) is 6.62. The number of piperidine rings is 1. The molecule has 1 amide bonds. The van der Waals surface area contributed by atoms with Crippen LogP contribution in [0.15, 0.2) is 0 Å². The summed E-state index contributed by atoms with van der Waals surface area (Å²) in [6.45, 7) is 7.44. The molecule has 3 unspecified atom stereocenters. The van der Waals surface area contributed by atoms with Crippen molar-refractivity contribution in [1.82, 2.24) is 20.9 Å². The fraction of sp³-hybridized carbons (Fsp3) is 0.950. The van der Waals surface area contributed by atoms with Gasteiger partial charge in [0.15, 0.2) is 0 Å². The smallest absolute Gasteiger partial charge is 0.223 e. The molecule has 3 rings (SSSR count). The number of hydrogen-bond acceptors (Lipinski definition) is 4. The van der Waals surface area contributed by atoms with Gasteiger partial charge in [-0.2, -0.15) is 0 Å². The van der Waals surface area contributed by atoms with E-state index in [-0.39, 0.29) is 11.8 Å². The second-order valence-corrected chi connectivity index (χ2v) is 8.43. The molecule has 0 aromatic heterocycles. The Morgan fingerprint density at radius 1 is 1.12 bits per heavy atom. The fourth-order valence-electron chi connectivity index (χ4n) is 4.72. The predicted octanol–water partition coefficient (Wildman–Crippen LogP) is 2.43. The number of likely N-dealkylation sites (tertiary alicyclic amines) is 1. The van der Waals surface area contributed by atoms with Crippen LogP contribution in [0.25, 0.3) is 0 Å². The van der Waals surface area contributed by atoms with E-state index in [4.69, 9.17) is 0 Å². The Morgan fingerprint density at radius 3 is 2.52 bits per heavy atom. The lowest BCUT2D eigenvalue weighted by molar-refractivity contribution is -0.127. The van der Waals surface area contributed by atoms with Gasteiger partial charge in [0.25, 0.3) is 0 Å². The van der Waals surface area contributed by atoms with Gasteiger partial charge in [0.05, 0.1) is 12.3 Å². The van der Waals surface area contributed by atoms with Gasteiger partial charge in [0.1, 0.15) is 0 Å². The van der Waals surface area contributed by atoms with E-state index in [9.17, 15) is 4.79 Å². The topological polar surface area (TPSA) is 56.4 Å². The summed E-state index contributed by atoms with van der Waals surface area (Å²) in [4.78, 5) is 14.9. The number of amides is 1. The lowest BCUT2D eigenvalue weighted by Gasteiger charge is -2.44. The van der Waals surface area contributed by atoms with Crippen LogP contribution >= 0.6 is 0 Å². The molecule has 5 heteroatoms. The molecule has 3 atom stereocenters. The first kappa shape index (κ1) is 19.1. The van der Waals surface area contributed by atoms with E-state index in [1.807, 2.05) is 0 Å². The number of nitrogens with zero attached hydrogens (tertiary/aromatic N) is 1. The molecular weight excluding hydrogens is 312 g/mol. The first-order valence-electron chi connectivity index (χ1n) is 10.7. The van der Waals surface area contributed by atoms with Crippen LogP contribution in [0.2, 0.25) is 0 Å². The minimum Gasteiger partial charge on any atom is -0.353 e. The number of rotatable bonds is 5. The normalized spacial score (nSPS) is 31.6. The fourth-order valence-corrected chi connectivity index (χ4v) is 4.72. The van der Waals surface area contributed by atoms with Gasteiger partial charge in [-0.1, -0.05) is 26.2 Å². The van der Waals surface area contributed by atoms with Crippen LogP contribution in [-0.4, -0.2) is 48.8 Å². The molecule has 5 nitrogen and oxygen atoms in total. The summed E-state index contributed by atoms with van der Waals surface area (Å²) in [6.07, 6.45) is 12.1. The highest BCUT2D eigenvalue weighted by atomic mass is 16.1. The molecule has 144 valence electrons. The van der Waals surface area contributed by atoms with E-state index in [0.29, 0.717) is 18.4 Å². The van der Waals surface area contributed by atoms with Crippen molar-refractivity contribution >= 4 is 5.91 Å². The van der Waals surface area contributed by atoms with E-state index < -0.39 is 0 Å². The molecule has 3 aliphatic rings. The van der Waals surface area contributed by atoms with Crippen molar-refractivity contribution in [3.05, 3.63) is 0 Å². The standard InChI is InChI=1S/C20H38N4O/c1-3-15(2)22-20(25)17-10-13-24(14-11-17)18-9-12-21-19(23-18)16-7-5-4-6-8-16/h15-19,21,23H,3-14H2,1-2H3,(H,22,25). The van der Waals surface area contributed by atoms with Gasteiger partial charge in [0, 0.05) is 25.0 Å². The zero-order chi connectivity index (χ0) is 17.6. The van der Waals surface area contributed by atoms with Crippen molar-refractivity contribution in [3.8, 4) is 0 Å². The van der Waals surface area contributed by atoms with Gasteiger partial charge < -0.3 is 10.6 Å². The molecule has 0 radical (unpaired) electrons. The number of hydrogen-bond donors (Lipinski definition) is 3. The lowest BCUT2D eigenvalue weighted by atomic mass is 9.86. The van der Waals surface area contributed by atoms with E-state index in [2.05, 4.69) is 34.7 Å². The van der Waals surface area contributed by atoms with Crippen LogP contribution in [0, 0.1) is 11.8 Å². The number of carbonyl (C=O) groups is 1. The van der Waals surface area contributed by atoms with Crippen molar-refractivity contribution in [1.29, 1.82) is 0 Å². The SMILES string of the molecule is CCC(C)NC(=O)C1CCN(C2CCNC(C3CCCCC3)N2)CC1. The molecule has 1 saturated carbocycles. The third kappa shape index (κ3) is 5.18. The Hall–Kier alpha value is -0.650. The molecule has 2 saturated heterocycles. The first-order chi connectivity index (χ1) is 12.2. The third-order valence-electron chi connectivity index (χ3n) is 6.62. The highest BCUT2D eigenvalue weighted by Gasteiger charge is 2.33. The summed E-state index contributed by atoms with van der Waals surface area (Å²) in [6, 6.07) is 0.299. The van der Waals surface area contributed by atoms with Gasteiger partial charge in [-0.25, -0.2) is 0 Å². The molecule has 0 spiro atoms. The molecule has 1 aliphatic carbocycles. The Labute approximate surface area is 153 Å². The molecule has 3 fully saturated rings. The van der Waals surface area contributed by atoms with Crippen molar-refractivity contribution in [3.63, 3.8) is 0 Å². The molecule has 2 heterocycles. The first-order valence-corrected chi connectivity index (χ1v) is 10.7. The average Bonchev–Trinajstić information content (AvgIpc) is 2.68. The minimum absolute atomic E-state index is 0.209. The maximum Gasteiger partial charge on any atom is 0.223 e. The van der Waals surface area contributed by atoms with Crippen LogP contribution in [0.1, 0.15) is 71.6 Å². The lowest BCUT2D eigenvalue weighted by Crippen LogP contribution is -2.63. The Morgan fingerprint density at radius 2 is 1.84 bits per heavy atom. The van der Waals surface area contributed by atoms with Crippen molar-refractivity contribution in [2.75, 3.05) is 19.6 Å². The zero-order valence-electron chi connectivity index (χ0n) is 16.2. The van der Waals surface area contributed by atoms with Gasteiger partial charge >= 0.3 is 0 Å². The van der Waals surface area contributed by atoms with E-state index in [1.165, 1.54) is 38.5 Å². The Kier molecular flexibility index (Phi) is 7.14. The quantitative estimate of drug-likeness (QED) is 0.713. The summed E-state index contributed by atoms with van der Waals surface area (Å²) in [5.74, 6) is 1.28. The molecule has 2 aliphatic heterocycles. The Balaban J connectivity index is 1.45. The highest BCUT2D eigenvalue weighted by Crippen LogP contribution is 2.28. The number of carbonyl (C=O) groups excluding carboxylic acids is 1. The van der Waals surface area contributed by atoms with Crippen LogP contribution < -0.4 is 16.0 Å². The van der Waals surface area contributed by atoms with Gasteiger partial charge in [-0.15, -0.1) is 0 Å². The van der Waals surface area contributed by atoms with Crippen LogP contribution in [0.4, 0.5) is 0 Å². The van der Waals surface area contributed by atoms with Crippen molar-refractivity contribution in [2.45, 2.75) is 90.0 Å². The maximum absolute atomic E-state index is 12.4. The van der Waals surface area contributed by atoms with Gasteiger partial charge in [-0.3, -0.25) is 15.0 Å². The zero-order valence-corrected chi connectivity index (χ0v) is 16.2. The van der Waals surface area contributed by atoms with Gasteiger partial charge in [0.2, 0.25) is 5.91 Å². The highest BCUT2D eigenvalue weighted by molar-refractivity contribution is 5.79. The summed E-state index contributed by atoms with van der Waals surface area (Å²) in [5.41, 5.74) is 0. The monoisotopic (exact) mass is 350 g/mol. The summed E-state index contributed by atoms with van der Waals surface area (Å²) in [7, 11) is 0. The molecule has 0 aromatic rings. The minimum atomic E-state index is 0.209. The van der Waals surface area contributed by atoms with Crippen LogP contribution in [-0.2, 0) is 4.79 Å². The summed E-state index contributed by atoms with van der Waals surface area (Å²) < 4.78 is 0. The second kappa shape index (κ2) is 9.33. The van der Waals surface area contributed by atoms with E-state index in [1.54, 1.807) is 0 Å². The molecule has 0 bridgehead atoms. The maximum atomic E-state index is 12.4. The van der Waals surface area contributed by atoms with E-state index in [0.717, 1.165) is 44.8 Å². The summed E-state index contributed by atoms with van der Waals surface area (Å²) >= 11 is 0. The molecule has 25 heavy (non-hydrogen) atoms. The largest absolute Gasteiger partial charge is 0.353 e. The van der Waals surface area contributed by atoms with Gasteiger partial charge in [-0.05, 0) is 57.9 Å². The average molecular weight is 351 g/mol. The second-order valence-electron chi connectivity index (χ2n) is 8.43. The van der Waals surface area contributed by atoms with Crippen LogP contribution in [0.5, 0.6) is 0 Å². The Bertz CT molecular complexity index is 416. The number of nitrogens with one attached hydrogen (secondary N) is 3. The summed E-state index contributed by atoms with van der Waals surface area (Å²) in [5, 5.41) is 10.8. The van der Waals surface area contributed by atoms with Crippen molar-refractivity contribution in [2.24, 2.45) is 11.8 Å². The van der Waals surface area contributed by atoms with Crippen molar-refractivity contribution < 1.29 is 4.79 Å².